The van der Waals surface area contributed by atoms with Gasteiger partial charge in [-0.3, -0.25) is 0 Å². The highest BCUT2D eigenvalue weighted by atomic mass is 28.4. The number of unbranched alkanes of at least 4 members (excludes halogenated alkanes) is 1. The highest BCUT2D eigenvalue weighted by molar-refractivity contribution is 6.67. The van der Waals surface area contributed by atoms with E-state index >= 15 is 0 Å². The van der Waals surface area contributed by atoms with Crippen LogP contribution in [-0.4, -0.2) is 34.0 Å². The highest BCUT2D eigenvalue weighted by Crippen LogP contribution is 2.15. The second-order valence-electron chi connectivity index (χ2n) is 3.77. The maximum absolute atomic E-state index is 6.14. The Kier molecular flexibility index (Phi) is 8.27. The molecule has 0 aromatic heterocycles. The number of rotatable bonds is 9. The quantitative estimate of drug-likeness (QED) is 0.463. The van der Waals surface area contributed by atoms with Gasteiger partial charge in [0.05, 0.1) is 0 Å². The molecule has 0 saturated heterocycles. The Morgan fingerprint density at radius 1 is 1.13 bits per heavy atom. The fourth-order valence-corrected chi connectivity index (χ4v) is 3.99. The van der Waals surface area contributed by atoms with Gasteiger partial charge in [-0.05, 0) is 39.8 Å². The summed E-state index contributed by atoms with van der Waals surface area (Å²) < 4.78 is 11.4. The lowest BCUT2D eigenvalue weighted by molar-refractivity contribution is 0.178. The van der Waals surface area contributed by atoms with E-state index in [1.165, 1.54) is 0 Å². The van der Waals surface area contributed by atoms with Crippen molar-refractivity contribution < 1.29 is 8.85 Å². The summed E-state index contributed by atoms with van der Waals surface area (Å²) in [5.41, 5.74) is 11.6. The molecule has 1 unspecified atom stereocenters. The van der Waals surface area contributed by atoms with E-state index in [0.29, 0.717) is 13.2 Å². The zero-order valence-corrected chi connectivity index (χ0v) is 11.3. The molecule has 0 bridgehead atoms. The zero-order valence-electron chi connectivity index (χ0n) is 10.3. The molecule has 92 valence electrons. The largest absolute Gasteiger partial charge is 0.394 e. The molecule has 0 aliphatic rings. The molecule has 0 aliphatic heterocycles. The van der Waals surface area contributed by atoms with Gasteiger partial charge in [0.15, 0.2) is 0 Å². The van der Waals surface area contributed by atoms with Gasteiger partial charge in [-0.25, -0.2) is 0 Å². The van der Waals surface area contributed by atoms with Gasteiger partial charge in [-0.15, -0.1) is 0 Å². The van der Waals surface area contributed by atoms with E-state index in [-0.39, 0.29) is 5.67 Å². The van der Waals surface area contributed by atoms with Gasteiger partial charge in [-0.2, -0.15) is 0 Å². The molecular formula is C10H26N2O2Si. The second-order valence-corrected chi connectivity index (χ2v) is 7.12. The molecular weight excluding hydrogens is 208 g/mol. The lowest BCUT2D eigenvalue weighted by Crippen LogP contribution is -2.55. The van der Waals surface area contributed by atoms with Gasteiger partial charge in [0.1, 0.15) is 0 Å². The van der Waals surface area contributed by atoms with Crippen molar-refractivity contribution in [2.75, 3.05) is 19.8 Å². The van der Waals surface area contributed by atoms with E-state index in [9.17, 15) is 0 Å². The summed E-state index contributed by atoms with van der Waals surface area (Å²) in [5.74, 6) is 0. The molecule has 0 heterocycles. The summed E-state index contributed by atoms with van der Waals surface area (Å²) >= 11 is 0. The van der Waals surface area contributed by atoms with Crippen molar-refractivity contribution in [1.82, 2.24) is 0 Å². The summed E-state index contributed by atoms with van der Waals surface area (Å²) in [6.45, 7) is 8.09. The van der Waals surface area contributed by atoms with E-state index in [1.807, 2.05) is 20.4 Å². The third kappa shape index (κ3) is 5.63. The zero-order chi connectivity index (χ0) is 11.7. The molecule has 1 atom stereocenters. The second kappa shape index (κ2) is 8.24. The molecule has 4 N–H and O–H groups in total. The molecule has 0 aromatic rings. The van der Waals surface area contributed by atoms with Crippen LogP contribution in [0.3, 0.4) is 0 Å². The predicted octanol–water partition coefficient (Wildman–Crippen LogP) is 1.13. The first kappa shape index (κ1) is 15.1. The van der Waals surface area contributed by atoms with E-state index in [4.69, 9.17) is 20.3 Å². The van der Waals surface area contributed by atoms with Crippen LogP contribution in [0.15, 0.2) is 0 Å². The van der Waals surface area contributed by atoms with Gasteiger partial charge in [-0.1, -0.05) is 6.42 Å². The molecule has 0 aliphatic carbocycles. The van der Waals surface area contributed by atoms with Gasteiger partial charge >= 0.3 is 8.56 Å². The first-order chi connectivity index (χ1) is 7.10. The summed E-state index contributed by atoms with van der Waals surface area (Å²) in [4.78, 5) is 0. The van der Waals surface area contributed by atoms with E-state index in [1.54, 1.807) is 0 Å². The Morgan fingerprint density at radius 3 is 2.07 bits per heavy atom. The molecule has 4 nitrogen and oxygen atoms in total. The minimum absolute atomic E-state index is 0.0453. The van der Waals surface area contributed by atoms with Crippen LogP contribution in [0.5, 0.6) is 0 Å². The van der Waals surface area contributed by atoms with Crippen LogP contribution in [0.4, 0.5) is 0 Å². The first-order valence-corrected chi connectivity index (χ1v) is 8.23. The van der Waals surface area contributed by atoms with Gasteiger partial charge in [0.25, 0.3) is 0 Å². The molecule has 0 spiro atoms. The maximum atomic E-state index is 6.14. The molecule has 0 aromatic carbocycles. The first-order valence-electron chi connectivity index (χ1n) is 5.84. The monoisotopic (exact) mass is 234 g/mol. The lowest BCUT2D eigenvalue weighted by Gasteiger charge is -2.31. The van der Waals surface area contributed by atoms with Crippen molar-refractivity contribution in [3.05, 3.63) is 0 Å². The number of hydrogen-bond acceptors (Lipinski definition) is 4. The average molecular weight is 234 g/mol. The van der Waals surface area contributed by atoms with E-state index < -0.39 is 8.56 Å². The topological polar surface area (TPSA) is 70.5 Å². The summed E-state index contributed by atoms with van der Waals surface area (Å²) in [6.07, 6.45) is 3.02. The predicted molar refractivity (Wildman–Crippen MR) is 65.8 cm³/mol. The minimum Gasteiger partial charge on any atom is -0.394 e. The number of nitrogens with two attached hydrogens (primary N) is 2. The highest BCUT2D eigenvalue weighted by Gasteiger charge is 2.37. The summed E-state index contributed by atoms with van der Waals surface area (Å²) in [7, 11) is -2.17. The standard InChI is InChI=1S/C10H26N2O2Si/c1-4-13-15(3,14-5-2)10(12)8-6-7-9-11/h10H,4-9,11-12H2,1-3H3. The summed E-state index contributed by atoms with van der Waals surface area (Å²) in [6, 6.07) is 0. The van der Waals surface area contributed by atoms with Crippen LogP contribution < -0.4 is 11.5 Å². The molecule has 0 radical (unpaired) electrons. The van der Waals surface area contributed by atoms with Crippen molar-refractivity contribution in [1.29, 1.82) is 0 Å². The lowest BCUT2D eigenvalue weighted by atomic mass is 10.2. The van der Waals surface area contributed by atoms with Crippen molar-refractivity contribution in [3.8, 4) is 0 Å². The van der Waals surface area contributed by atoms with Crippen LogP contribution in [0, 0.1) is 0 Å². The normalized spacial score (nSPS) is 14.2. The van der Waals surface area contributed by atoms with E-state index in [2.05, 4.69) is 0 Å². The maximum Gasteiger partial charge on any atom is 0.352 e. The van der Waals surface area contributed by atoms with Crippen molar-refractivity contribution in [2.45, 2.75) is 45.3 Å². The van der Waals surface area contributed by atoms with Crippen LogP contribution in [0.25, 0.3) is 0 Å². The summed E-state index contributed by atoms with van der Waals surface area (Å²) in [5, 5.41) is 0. The Balaban J connectivity index is 4.08. The van der Waals surface area contributed by atoms with E-state index in [0.717, 1.165) is 25.8 Å². The van der Waals surface area contributed by atoms with Crippen molar-refractivity contribution >= 4 is 8.56 Å². The molecule has 15 heavy (non-hydrogen) atoms. The Hall–Kier alpha value is 0.0569. The third-order valence-electron chi connectivity index (χ3n) is 2.50. The molecule has 0 fully saturated rings. The van der Waals surface area contributed by atoms with Crippen LogP contribution >= 0.6 is 0 Å². The average Bonchev–Trinajstić information content (AvgIpc) is 2.18. The third-order valence-corrected chi connectivity index (χ3v) is 5.86. The fourth-order valence-electron chi connectivity index (χ4n) is 1.60. The molecule has 0 saturated carbocycles. The number of hydrogen-bond donors (Lipinski definition) is 2. The Morgan fingerprint density at radius 2 is 1.67 bits per heavy atom. The van der Waals surface area contributed by atoms with Crippen LogP contribution in [-0.2, 0) is 8.85 Å². The smallest absolute Gasteiger partial charge is 0.352 e. The van der Waals surface area contributed by atoms with Crippen LogP contribution in [0.2, 0.25) is 6.55 Å². The SMILES string of the molecule is CCO[Si](C)(OCC)C(N)CCCCN. The van der Waals surface area contributed by atoms with Gasteiger partial charge in [0.2, 0.25) is 0 Å². The molecule has 5 heteroatoms. The Bertz CT molecular complexity index is 152. The molecule has 0 rings (SSSR count). The molecule has 0 amide bonds. The van der Waals surface area contributed by atoms with Crippen molar-refractivity contribution in [2.24, 2.45) is 11.5 Å². The van der Waals surface area contributed by atoms with Gasteiger partial charge < -0.3 is 20.3 Å². The fraction of sp³-hybridized carbons (Fsp3) is 1.00. The van der Waals surface area contributed by atoms with Gasteiger partial charge in [0, 0.05) is 18.9 Å². The van der Waals surface area contributed by atoms with Crippen LogP contribution in [0.1, 0.15) is 33.1 Å². The Labute approximate surface area is 94.6 Å². The van der Waals surface area contributed by atoms with Crippen molar-refractivity contribution in [3.63, 3.8) is 0 Å². The minimum atomic E-state index is -2.17.